The van der Waals surface area contributed by atoms with Crippen LogP contribution in [0.3, 0.4) is 0 Å². The van der Waals surface area contributed by atoms with Gasteiger partial charge < -0.3 is 30.8 Å². The summed E-state index contributed by atoms with van der Waals surface area (Å²) >= 11 is 1.41. The first-order chi connectivity index (χ1) is 15.5. The van der Waals surface area contributed by atoms with Crippen LogP contribution in [-0.4, -0.2) is 87.7 Å². The Kier molecular flexibility index (Phi) is 6.58. The van der Waals surface area contributed by atoms with Gasteiger partial charge in [0.2, 0.25) is 11.8 Å². The Labute approximate surface area is 196 Å². The topological polar surface area (TPSA) is 133 Å². The van der Waals surface area contributed by atoms with Crippen molar-refractivity contribution in [2.45, 2.75) is 63.2 Å². The number of ketones is 1. The Morgan fingerprint density at radius 1 is 1.33 bits per heavy atom. The predicted molar refractivity (Wildman–Crippen MR) is 120 cm³/mol. The van der Waals surface area contributed by atoms with Crippen molar-refractivity contribution in [3.63, 3.8) is 0 Å². The highest BCUT2D eigenvalue weighted by atomic mass is 32.2. The first-order valence-electron chi connectivity index (χ1n) is 11.4. The normalized spacial score (nSPS) is 36.8. The maximum Gasteiger partial charge on any atom is 0.353 e. The number of carboxylic acids is 1. The van der Waals surface area contributed by atoms with Gasteiger partial charge in [0.05, 0.1) is 30.6 Å². The van der Waals surface area contributed by atoms with Gasteiger partial charge >= 0.3 is 5.97 Å². The molecule has 2 amide bonds. The third kappa shape index (κ3) is 4.19. The summed E-state index contributed by atoms with van der Waals surface area (Å²) in [5.41, 5.74) is 5.72. The second kappa shape index (κ2) is 8.99. The molecule has 0 aliphatic carbocycles. The minimum absolute atomic E-state index is 0.0000734. The quantitative estimate of drug-likeness (QED) is 0.443. The largest absolute Gasteiger partial charge is 0.477 e. The number of alkyl halides is 1. The zero-order valence-electron chi connectivity index (χ0n) is 19.0. The molecule has 0 aromatic carbocycles. The highest BCUT2D eigenvalue weighted by molar-refractivity contribution is 8.03. The van der Waals surface area contributed by atoms with E-state index in [1.807, 2.05) is 13.8 Å². The number of halogens is 1. The van der Waals surface area contributed by atoms with Gasteiger partial charge in [-0.2, -0.15) is 0 Å². The lowest BCUT2D eigenvalue weighted by Crippen LogP contribution is -2.62. The number of hydrogen-bond acceptors (Lipinski definition) is 7. The molecule has 8 atom stereocenters. The van der Waals surface area contributed by atoms with Crippen LogP contribution in [0.1, 0.15) is 33.6 Å². The Morgan fingerprint density at radius 2 is 2.03 bits per heavy atom. The molecule has 33 heavy (non-hydrogen) atoms. The summed E-state index contributed by atoms with van der Waals surface area (Å²) in [6.45, 7) is 5.98. The van der Waals surface area contributed by atoms with Crippen molar-refractivity contribution in [1.82, 2.24) is 15.1 Å². The van der Waals surface area contributed by atoms with Crippen LogP contribution in [0.5, 0.6) is 0 Å². The number of Topliss-reactive ketones (excluding diaryl/α,β-unsaturated/α-hetero) is 1. The van der Waals surface area contributed by atoms with Crippen LogP contribution in [0.15, 0.2) is 10.6 Å². The Hall–Kier alpha value is -1.98. The van der Waals surface area contributed by atoms with Gasteiger partial charge in [-0.05, 0) is 19.3 Å². The second-order valence-electron chi connectivity index (χ2n) is 9.77. The number of rotatable bonds is 7. The van der Waals surface area contributed by atoms with Crippen molar-refractivity contribution in [3.8, 4) is 0 Å². The number of nitrogens with two attached hydrogens (primary N) is 1. The molecule has 3 saturated heterocycles. The van der Waals surface area contributed by atoms with Crippen molar-refractivity contribution in [2.24, 2.45) is 23.5 Å². The number of amides is 2. The van der Waals surface area contributed by atoms with Gasteiger partial charge in [0.15, 0.2) is 0 Å². The Morgan fingerprint density at radius 3 is 2.61 bits per heavy atom. The first-order valence-corrected chi connectivity index (χ1v) is 12.3. The summed E-state index contributed by atoms with van der Waals surface area (Å²) in [5, 5.41) is 13.0. The number of thioether (sulfide) groups is 1. The fourth-order valence-electron chi connectivity index (χ4n) is 5.70. The molecule has 3 fully saturated rings. The van der Waals surface area contributed by atoms with E-state index in [2.05, 4.69) is 5.32 Å². The molecule has 0 saturated carbocycles. The molecule has 4 aliphatic heterocycles. The molecule has 4 rings (SSSR count). The molecule has 4 heterocycles. The van der Waals surface area contributed by atoms with E-state index in [-0.39, 0.29) is 71.9 Å². The lowest BCUT2D eigenvalue weighted by molar-refractivity contribution is -0.160. The molecule has 0 unspecified atom stereocenters. The third-order valence-electron chi connectivity index (χ3n) is 7.30. The molecule has 0 radical (unpaired) electrons. The lowest BCUT2D eigenvalue weighted by Gasteiger charge is -2.47. The van der Waals surface area contributed by atoms with Gasteiger partial charge in [0, 0.05) is 35.6 Å². The van der Waals surface area contributed by atoms with Crippen LogP contribution in [0.2, 0.25) is 0 Å². The van der Waals surface area contributed by atoms with Gasteiger partial charge in [-0.15, -0.1) is 11.8 Å². The number of nitrogens with zero attached hydrogens (tertiary/aromatic N) is 2. The van der Waals surface area contributed by atoms with Crippen LogP contribution < -0.4 is 11.1 Å². The van der Waals surface area contributed by atoms with Crippen molar-refractivity contribution >= 4 is 35.3 Å². The SMILES string of the molecule is CC(=O)C[C@H](C)[C@H]1C(=O)N2C(C(=O)O)=C(S[C@@H]3CN[C@H](C(=O)N4C[C@@H](F)[C@@H](N)C4)C3)[C@H](C)[C@H]12. The third-order valence-corrected chi connectivity index (χ3v) is 8.81. The molecule has 4 aliphatic rings. The number of fused-ring (bicyclic) bond motifs is 1. The summed E-state index contributed by atoms with van der Waals surface area (Å²) in [6, 6.07) is -1.39. The molecule has 4 N–H and O–H groups in total. The smallest absolute Gasteiger partial charge is 0.353 e. The summed E-state index contributed by atoms with van der Waals surface area (Å²) in [6.07, 6.45) is -0.448. The molecule has 0 aromatic heterocycles. The van der Waals surface area contributed by atoms with Crippen molar-refractivity contribution < 1.29 is 28.7 Å². The number of hydrogen-bond donors (Lipinski definition) is 3. The van der Waals surface area contributed by atoms with E-state index in [0.717, 1.165) is 0 Å². The fourth-order valence-corrected chi connectivity index (χ4v) is 7.18. The number of carboxylic acid groups (broad SMARTS) is 1. The lowest BCUT2D eigenvalue weighted by atomic mass is 9.73. The molecule has 0 aromatic rings. The molecular formula is C22H31FN4O5S. The van der Waals surface area contributed by atoms with Crippen molar-refractivity contribution in [1.29, 1.82) is 0 Å². The molecule has 0 bridgehead atoms. The number of carbonyl (C=O) groups excluding carboxylic acids is 3. The van der Waals surface area contributed by atoms with Crippen LogP contribution in [0.25, 0.3) is 0 Å². The van der Waals surface area contributed by atoms with Crippen LogP contribution in [-0.2, 0) is 19.2 Å². The van der Waals surface area contributed by atoms with E-state index in [0.29, 0.717) is 17.9 Å². The molecular weight excluding hydrogens is 451 g/mol. The number of likely N-dealkylation sites (tertiary alicyclic amines) is 1. The average molecular weight is 483 g/mol. The minimum Gasteiger partial charge on any atom is -0.477 e. The number of aliphatic carboxylic acids is 1. The highest BCUT2D eigenvalue weighted by Gasteiger charge is 2.60. The van der Waals surface area contributed by atoms with Crippen LogP contribution >= 0.6 is 11.8 Å². The number of carbonyl (C=O) groups is 4. The Bertz CT molecular complexity index is 903. The number of β-lactam (4-membered cyclic amide) rings is 1. The Balaban J connectivity index is 1.45. The average Bonchev–Trinajstić information content (AvgIpc) is 3.38. The van der Waals surface area contributed by atoms with E-state index in [1.54, 1.807) is 0 Å². The fraction of sp³-hybridized carbons (Fsp3) is 0.727. The zero-order valence-corrected chi connectivity index (χ0v) is 19.8. The van der Waals surface area contributed by atoms with E-state index in [9.17, 15) is 28.7 Å². The van der Waals surface area contributed by atoms with Crippen molar-refractivity contribution in [2.75, 3.05) is 19.6 Å². The first kappa shape index (κ1) is 24.2. The van der Waals surface area contributed by atoms with Crippen LogP contribution in [0, 0.1) is 17.8 Å². The molecule has 182 valence electrons. The van der Waals surface area contributed by atoms with Gasteiger partial charge in [-0.1, -0.05) is 13.8 Å². The molecule has 11 heteroatoms. The summed E-state index contributed by atoms with van der Waals surface area (Å²) in [4.78, 5) is 52.7. The van der Waals surface area contributed by atoms with Gasteiger partial charge in [-0.25, -0.2) is 9.18 Å². The van der Waals surface area contributed by atoms with Gasteiger partial charge in [0.1, 0.15) is 17.7 Å². The number of nitrogens with one attached hydrogen (secondary N) is 1. The van der Waals surface area contributed by atoms with E-state index in [1.165, 1.54) is 28.5 Å². The second-order valence-corrected chi connectivity index (χ2v) is 11.1. The van der Waals surface area contributed by atoms with E-state index in [4.69, 9.17) is 5.73 Å². The standard InChI is InChI=1S/C22H31FN4O5S/c1-9(4-10(2)28)16-17-11(3)19(18(22(31)32)27(17)21(16)30)33-12-5-15(25-6-12)20(29)26-7-13(23)14(24)8-26/h9,11-17,25H,4-8,24H2,1-3H3,(H,31,32)/t9-,11+,12-,13+,14-,15-,16+,17+/m0/s1. The minimum atomic E-state index is -1.22. The summed E-state index contributed by atoms with van der Waals surface area (Å²) in [5.74, 6) is -2.26. The van der Waals surface area contributed by atoms with Crippen LogP contribution in [0.4, 0.5) is 4.39 Å². The van der Waals surface area contributed by atoms with Gasteiger partial charge in [0.25, 0.3) is 0 Å². The zero-order chi connectivity index (χ0) is 24.2. The van der Waals surface area contributed by atoms with Crippen molar-refractivity contribution in [3.05, 3.63) is 10.6 Å². The van der Waals surface area contributed by atoms with E-state index >= 15 is 0 Å². The maximum atomic E-state index is 13.7. The van der Waals surface area contributed by atoms with E-state index < -0.39 is 24.2 Å². The highest BCUT2D eigenvalue weighted by Crippen LogP contribution is 2.53. The summed E-state index contributed by atoms with van der Waals surface area (Å²) < 4.78 is 13.7. The maximum absolute atomic E-state index is 13.7. The monoisotopic (exact) mass is 482 g/mol. The predicted octanol–water partition coefficient (Wildman–Crippen LogP) is 0.346. The molecule has 9 nitrogen and oxygen atoms in total. The summed E-state index contributed by atoms with van der Waals surface area (Å²) in [7, 11) is 0. The van der Waals surface area contributed by atoms with Gasteiger partial charge in [-0.3, -0.25) is 9.59 Å². The molecule has 0 spiro atoms.